The Hall–Kier alpha value is -1.85. The molecular formula is C19H22BrNO3. The summed E-state index contributed by atoms with van der Waals surface area (Å²) >= 11 is 3.36. The normalized spacial score (nSPS) is 10.7. The van der Waals surface area contributed by atoms with Gasteiger partial charge in [-0.25, -0.2) is 0 Å². The Morgan fingerprint density at radius 1 is 1.08 bits per heavy atom. The predicted molar refractivity (Wildman–Crippen MR) is 97.9 cm³/mol. The summed E-state index contributed by atoms with van der Waals surface area (Å²) in [5.74, 6) is 0.511. The third-order valence-electron chi connectivity index (χ3n) is 3.35. The Morgan fingerprint density at radius 2 is 1.75 bits per heavy atom. The first-order valence-electron chi connectivity index (χ1n) is 7.88. The van der Waals surface area contributed by atoms with Crippen LogP contribution in [0.25, 0.3) is 0 Å². The average molecular weight is 392 g/mol. The van der Waals surface area contributed by atoms with Crippen LogP contribution >= 0.6 is 15.9 Å². The third-order valence-corrected chi connectivity index (χ3v) is 3.88. The average Bonchev–Trinajstić information content (AvgIpc) is 2.58. The first kappa shape index (κ1) is 18.5. The van der Waals surface area contributed by atoms with E-state index in [0.29, 0.717) is 18.9 Å². The van der Waals surface area contributed by atoms with E-state index >= 15 is 0 Å². The molecule has 2 aromatic rings. The van der Waals surface area contributed by atoms with Crippen LogP contribution in [-0.4, -0.2) is 18.6 Å². The van der Waals surface area contributed by atoms with Gasteiger partial charge in [0.05, 0.1) is 12.7 Å². The van der Waals surface area contributed by atoms with Gasteiger partial charge in [0.2, 0.25) is 0 Å². The van der Waals surface area contributed by atoms with E-state index in [2.05, 4.69) is 21.2 Å². The van der Waals surface area contributed by atoms with Crippen LogP contribution in [0.3, 0.4) is 0 Å². The van der Waals surface area contributed by atoms with Crippen LogP contribution < -0.4 is 10.1 Å². The number of benzene rings is 2. The zero-order valence-corrected chi connectivity index (χ0v) is 15.5. The molecule has 0 aromatic heterocycles. The van der Waals surface area contributed by atoms with Crippen LogP contribution in [0.5, 0.6) is 5.75 Å². The molecule has 0 radical (unpaired) electrons. The van der Waals surface area contributed by atoms with E-state index in [1.807, 2.05) is 62.4 Å². The van der Waals surface area contributed by atoms with Crippen LogP contribution in [0.4, 0.5) is 0 Å². The lowest BCUT2D eigenvalue weighted by molar-refractivity contribution is -0.123. The fourth-order valence-electron chi connectivity index (χ4n) is 2.05. The fourth-order valence-corrected chi connectivity index (χ4v) is 2.32. The van der Waals surface area contributed by atoms with Crippen molar-refractivity contribution in [1.82, 2.24) is 5.32 Å². The molecule has 0 spiro atoms. The van der Waals surface area contributed by atoms with Gasteiger partial charge in [0.1, 0.15) is 5.75 Å². The van der Waals surface area contributed by atoms with E-state index in [9.17, 15) is 4.79 Å². The van der Waals surface area contributed by atoms with Crippen molar-refractivity contribution in [2.75, 3.05) is 6.61 Å². The molecule has 0 aliphatic rings. The van der Waals surface area contributed by atoms with Gasteiger partial charge in [-0.1, -0.05) is 40.2 Å². The van der Waals surface area contributed by atoms with Gasteiger partial charge in [0.25, 0.3) is 5.91 Å². The van der Waals surface area contributed by atoms with Crippen molar-refractivity contribution in [1.29, 1.82) is 0 Å². The number of amides is 1. The minimum absolute atomic E-state index is 0.00765. The van der Waals surface area contributed by atoms with Crippen LogP contribution in [0.2, 0.25) is 0 Å². The number of carbonyl (C=O) groups excluding carboxylic acids is 1. The summed E-state index contributed by atoms with van der Waals surface area (Å²) in [7, 11) is 0. The Bertz CT molecular complexity index is 656. The molecule has 0 aliphatic carbocycles. The Labute approximate surface area is 151 Å². The molecule has 24 heavy (non-hydrogen) atoms. The minimum atomic E-state index is -0.155. The Balaban J connectivity index is 1.82. The summed E-state index contributed by atoms with van der Waals surface area (Å²) in [5.41, 5.74) is 2.13. The van der Waals surface area contributed by atoms with Gasteiger partial charge in [-0.3, -0.25) is 4.79 Å². The van der Waals surface area contributed by atoms with Crippen LogP contribution in [0, 0.1) is 0 Å². The van der Waals surface area contributed by atoms with Gasteiger partial charge < -0.3 is 14.8 Å². The zero-order chi connectivity index (χ0) is 17.4. The van der Waals surface area contributed by atoms with Crippen molar-refractivity contribution in [2.45, 2.75) is 33.1 Å². The molecule has 4 nitrogen and oxygen atoms in total. The molecule has 0 unspecified atom stereocenters. The molecule has 5 heteroatoms. The van der Waals surface area contributed by atoms with Crippen molar-refractivity contribution >= 4 is 21.8 Å². The largest absolute Gasteiger partial charge is 0.484 e. The van der Waals surface area contributed by atoms with Crippen LogP contribution in [0.15, 0.2) is 53.0 Å². The van der Waals surface area contributed by atoms with E-state index in [1.54, 1.807) is 0 Å². The first-order valence-corrected chi connectivity index (χ1v) is 8.67. The molecule has 0 heterocycles. The van der Waals surface area contributed by atoms with E-state index < -0.39 is 0 Å². The summed E-state index contributed by atoms with van der Waals surface area (Å²) in [6.07, 6.45) is 0.173. The molecule has 1 N–H and O–H groups in total. The van der Waals surface area contributed by atoms with Gasteiger partial charge in [-0.2, -0.15) is 0 Å². The third kappa shape index (κ3) is 6.34. The molecule has 0 saturated heterocycles. The smallest absolute Gasteiger partial charge is 0.258 e. The summed E-state index contributed by atoms with van der Waals surface area (Å²) < 4.78 is 12.1. The SMILES string of the molecule is CC(C)OCc1ccccc1CNC(=O)COc1ccc(Br)cc1. The van der Waals surface area contributed by atoms with Crippen molar-refractivity contribution in [2.24, 2.45) is 0 Å². The number of ether oxygens (including phenoxy) is 2. The predicted octanol–water partition coefficient (Wildman–Crippen LogP) is 4.07. The molecule has 0 saturated carbocycles. The Morgan fingerprint density at radius 3 is 2.42 bits per heavy atom. The van der Waals surface area contributed by atoms with Crippen molar-refractivity contribution < 1.29 is 14.3 Å². The number of rotatable bonds is 8. The van der Waals surface area contributed by atoms with Gasteiger partial charge in [0.15, 0.2) is 6.61 Å². The highest BCUT2D eigenvalue weighted by molar-refractivity contribution is 9.10. The van der Waals surface area contributed by atoms with E-state index in [0.717, 1.165) is 15.6 Å². The number of hydrogen-bond donors (Lipinski definition) is 1. The van der Waals surface area contributed by atoms with E-state index in [4.69, 9.17) is 9.47 Å². The summed E-state index contributed by atoms with van der Waals surface area (Å²) in [6.45, 7) is 5.00. The van der Waals surface area contributed by atoms with E-state index in [-0.39, 0.29) is 18.6 Å². The second kappa shape index (κ2) is 9.45. The lowest BCUT2D eigenvalue weighted by atomic mass is 10.1. The van der Waals surface area contributed by atoms with Gasteiger partial charge >= 0.3 is 0 Å². The maximum absolute atomic E-state index is 12.0. The lowest BCUT2D eigenvalue weighted by Crippen LogP contribution is -2.28. The number of hydrogen-bond acceptors (Lipinski definition) is 3. The second-order valence-electron chi connectivity index (χ2n) is 5.65. The Kier molecular flexibility index (Phi) is 7.28. The highest BCUT2D eigenvalue weighted by Crippen LogP contribution is 2.16. The summed E-state index contributed by atoms with van der Waals surface area (Å²) in [6, 6.07) is 15.3. The van der Waals surface area contributed by atoms with Crippen molar-refractivity contribution in [3.8, 4) is 5.75 Å². The second-order valence-corrected chi connectivity index (χ2v) is 6.56. The van der Waals surface area contributed by atoms with Crippen LogP contribution in [-0.2, 0) is 22.7 Å². The maximum Gasteiger partial charge on any atom is 0.258 e. The van der Waals surface area contributed by atoms with E-state index in [1.165, 1.54) is 0 Å². The number of halogens is 1. The standard InChI is InChI=1S/C19H22BrNO3/c1-14(2)23-12-16-6-4-3-5-15(16)11-21-19(22)13-24-18-9-7-17(20)8-10-18/h3-10,14H,11-13H2,1-2H3,(H,21,22). The molecule has 1 amide bonds. The minimum Gasteiger partial charge on any atom is -0.484 e. The molecular weight excluding hydrogens is 370 g/mol. The van der Waals surface area contributed by atoms with Crippen LogP contribution in [0.1, 0.15) is 25.0 Å². The summed E-state index contributed by atoms with van der Waals surface area (Å²) in [4.78, 5) is 12.0. The van der Waals surface area contributed by atoms with Gasteiger partial charge in [0, 0.05) is 11.0 Å². The first-order chi connectivity index (χ1) is 11.5. The number of carbonyl (C=O) groups is 1. The quantitative estimate of drug-likeness (QED) is 0.737. The van der Waals surface area contributed by atoms with Crippen molar-refractivity contribution in [3.63, 3.8) is 0 Å². The zero-order valence-electron chi connectivity index (χ0n) is 13.9. The molecule has 2 aromatic carbocycles. The van der Waals surface area contributed by atoms with Gasteiger partial charge in [-0.15, -0.1) is 0 Å². The molecule has 0 aliphatic heterocycles. The maximum atomic E-state index is 12.0. The fraction of sp³-hybridized carbons (Fsp3) is 0.316. The summed E-state index contributed by atoms with van der Waals surface area (Å²) in [5, 5.41) is 2.88. The molecule has 2 rings (SSSR count). The lowest BCUT2D eigenvalue weighted by Gasteiger charge is -2.13. The number of nitrogens with one attached hydrogen (secondary N) is 1. The molecule has 0 fully saturated rings. The highest BCUT2D eigenvalue weighted by atomic mass is 79.9. The van der Waals surface area contributed by atoms with Gasteiger partial charge in [-0.05, 0) is 49.2 Å². The van der Waals surface area contributed by atoms with Crippen molar-refractivity contribution in [3.05, 3.63) is 64.1 Å². The monoisotopic (exact) mass is 391 g/mol. The molecule has 0 bridgehead atoms. The topological polar surface area (TPSA) is 47.6 Å². The molecule has 0 atom stereocenters. The highest BCUT2D eigenvalue weighted by Gasteiger charge is 2.07. The molecule has 128 valence electrons.